The summed E-state index contributed by atoms with van der Waals surface area (Å²) in [5.74, 6) is 0. The van der Waals surface area contributed by atoms with Crippen molar-refractivity contribution in [3.8, 4) is 12.1 Å². The molecule has 0 aliphatic heterocycles. The number of anilines is 1. The molecule has 0 saturated carbocycles. The van der Waals surface area contributed by atoms with Crippen LogP contribution < -0.4 is 4.90 Å². The Morgan fingerprint density at radius 1 is 0.837 bits per heavy atom. The number of likely N-dealkylation sites (N-methyl/N-ethyl adjacent to an activating group) is 1. The molecule has 1 atom stereocenters. The fourth-order valence-electron chi connectivity index (χ4n) is 4.33. The predicted octanol–water partition coefficient (Wildman–Crippen LogP) is 7.57. The van der Waals surface area contributed by atoms with E-state index in [0.717, 1.165) is 36.4 Å². The van der Waals surface area contributed by atoms with Crippen LogP contribution >= 0.6 is 11.3 Å². The Morgan fingerprint density at radius 3 is 2.12 bits per heavy atom. The highest BCUT2D eigenvalue weighted by Crippen LogP contribution is 2.36. The topological polar surface area (TPSA) is 112 Å². The fourth-order valence-corrected chi connectivity index (χ4v) is 5.21. The van der Waals surface area contributed by atoms with Gasteiger partial charge in [0.05, 0.1) is 50.9 Å². The maximum absolute atomic E-state index is 9.50. The molecule has 3 aromatic rings. The number of aryl methyl sites for hydroxylation is 1. The van der Waals surface area contributed by atoms with Gasteiger partial charge in [-0.25, -0.2) is 0 Å². The predicted molar refractivity (Wildman–Crippen MR) is 170 cm³/mol. The van der Waals surface area contributed by atoms with Crippen molar-refractivity contribution in [2.75, 3.05) is 64.2 Å². The van der Waals surface area contributed by atoms with Crippen molar-refractivity contribution in [2.45, 2.75) is 40.2 Å². The SMILES string of the molecule is CCCOCCOCCOCCOC(CN(CC)c1ccc(N=Nc2sc(C#N)c(C)c2C#N)c(C)c1)c1ccccc1. The molecule has 0 fully saturated rings. The van der Waals surface area contributed by atoms with Gasteiger partial charge < -0.3 is 23.8 Å². The zero-order chi connectivity index (χ0) is 30.9. The van der Waals surface area contributed by atoms with Gasteiger partial charge >= 0.3 is 0 Å². The third-order valence-corrected chi connectivity index (χ3v) is 7.79. The molecule has 0 aliphatic carbocycles. The Kier molecular flexibility index (Phi) is 14.8. The second-order valence-electron chi connectivity index (χ2n) is 9.78. The molecule has 9 nitrogen and oxygen atoms in total. The molecule has 0 spiro atoms. The van der Waals surface area contributed by atoms with Crippen LogP contribution in [0.25, 0.3) is 0 Å². The molecular weight excluding hydrogens is 562 g/mol. The molecule has 228 valence electrons. The lowest BCUT2D eigenvalue weighted by atomic mass is 10.1. The van der Waals surface area contributed by atoms with Gasteiger partial charge in [-0.15, -0.1) is 21.6 Å². The zero-order valence-corrected chi connectivity index (χ0v) is 26.4. The number of nitriles is 2. The molecule has 0 N–H and O–H groups in total. The third-order valence-electron chi connectivity index (χ3n) is 6.71. The molecule has 0 radical (unpaired) electrons. The van der Waals surface area contributed by atoms with Crippen molar-refractivity contribution in [1.82, 2.24) is 0 Å². The zero-order valence-electron chi connectivity index (χ0n) is 25.5. The van der Waals surface area contributed by atoms with E-state index in [4.69, 9.17) is 18.9 Å². The number of rotatable bonds is 19. The minimum absolute atomic E-state index is 0.141. The molecule has 3 rings (SSSR count). The third kappa shape index (κ3) is 10.5. The van der Waals surface area contributed by atoms with Crippen LogP contribution in [0.1, 0.15) is 53.5 Å². The summed E-state index contributed by atoms with van der Waals surface area (Å²) in [6.07, 6.45) is 0.868. The largest absolute Gasteiger partial charge is 0.379 e. The second-order valence-corrected chi connectivity index (χ2v) is 10.8. The van der Waals surface area contributed by atoms with E-state index in [2.05, 4.69) is 59.3 Å². The number of azo groups is 1. The second kappa shape index (κ2) is 18.8. The highest BCUT2D eigenvalue weighted by molar-refractivity contribution is 7.16. The normalized spacial score (nSPS) is 11.9. The Hall–Kier alpha value is -3.64. The minimum Gasteiger partial charge on any atom is -0.379 e. The van der Waals surface area contributed by atoms with Crippen LogP contribution in [0.3, 0.4) is 0 Å². The van der Waals surface area contributed by atoms with Gasteiger partial charge in [-0.1, -0.05) is 37.3 Å². The van der Waals surface area contributed by atoms with E-state index in [1.807, 2.05) is 37.3 Å². The molecule has 0 aliphatic rings. The van der Waals surface area contributed by atoms with Crippen LogP contribution in [0.4, 0.5) is 16.4 Å². The van der Waals surface area contributed by atoms with E-state index >= 15 is 0 Å². The van der Waals surface area contributed by atoms with Crippen LogP contribution in [0, 0.1) is 36.5 Å². The molecule has 2 aromatic carbocycles. The smallest absolute Gasteiger partial charge is 0.158 e. The maximum atomic E-state index is 9.50. The lowest BCUT2D eigenvalue weighted by molar-refractivity contribution is -0.0177. The van der Waals surface area contributed by atoms with E-state index in [-0.39, 0.29) is 6.10 Å². The standard InChI is InChI=1S/C33H41N5O4S/c1-5-14-39-15-16-40-17-18-41-19-20-42-31(27-10-8-7-9-11-27)24-38(6-2)28-12-13-30(25(3)21-28)36-37-33-29(22-34)26(4)32(23-35)43-33/h7-13,21,31H,5-6,14-20,24H2,1-4H3. The molecule has 0 amide bonds. The number of nitrogens with zero attached hydrogens (tertiary/aromatic N) is 5. The lowest BCUT2D eigenvalue weighted by Crippen LogP contribution is -2.30. The Balaban J connectivity index is 1.60. The number of hydrogen-bond acceptors (Lipinski definition) is 10. The summed E-state index contributed by atoms with van der Waals surface area (Å²) in [5, 5.41) is 28.0. The summed E-state index contributed by atoms with van der Waals surface area (Å²) >= 11 is 1.18. The monoisotopic (exact) mass is 603 g/mol. The van der Waals surface area contributed by atoms with E-state index in [0.29, 0.717) is 72.9 Å². The molecule has 0 bridgehead atoms. The molecule has 43 heavy (non-hydrogen) atoms. The van der Waals surface area contributed by atoms with Crippen molar-refractivity contribution < 1.29 is 18.9 Å². The van der Waals surface area contributed by atoms with Crippen molar-refractivity contribution in [1.29, 1.82) is 10.5 Å². The van der Waals surface area contributed by atoms with Crippen LogP contribution in [-0.4, -0.2) is 59.3 Å². The van der Waals surface area contributed by atoms with Crippen LogP contribution in [0.15, 0.2) is 58.8 Å². The van der Waals surface area contributed by atoms with Gasteiger partial charge in [0, 0.05) is 25.4 Å². The van der Waals surface area contributed by atoms with Crippen molar-refractivity contribution in [3.63, 3.8) is 0 Å². The highest BCUT2D eigenvalue weighted by atomic mass is 32.1. The first-order valence-corrected chi connectivity index (χ1v) is 15.4. The Morgan fingerprint density at radius 2 is 1.51 bits per heavy atom. The van der Waals surface area contributed by atoms with Gasteiger partial charge in [0.1, 0.15) is 23.1 Å². The van der Waals surface area contributed by atoms with E-state index in [1.165, 1.54) is 11.3 Å². The Bertz CT molecular complexity index is 1380. The number of benzene rings is 2. The van der Waals surface area contributed by atoms with E-state index < -0.39 is 0 Å². The first kappa shape index (κ1) is 33.9. The molecule has 1 unspecified atom stereocenters. The molecule has 0 saturated heterocycles. The summed E-state index contributed by atoms with van der Waals surface area (Å²) in [7, 11) is 0. The molecule has 1 aromatic heterocycles. The van der Waals surface area contributed by atoms with E-state index in [9.17, 15) is 10.5 Å². The van der Waals surface area contributed by atoms with Crippen molar-refractivity contribution in [2.24, 2.45) is 10.2 Å². The van der Waals surface area contributed by atoms with Crippen molar-refractivity contribution >= 4 is 27.7 Å². The number of thiophene rings is 1. The maximum Gasteiger partial charge on any atom is 0.158 e. The van der Waals surface area contributed by atoms with Crippen LogP contribution in [0.2, 0.25) is 0 Å². The number of hydrogen-bond donors (Lipinski definition) is 0. The summed E-state index contributed by atoms with van der Waals surface area (Å²) in [6.45, 7) is 13.4. The molecular formula is C33H41N5O4S. The number of ether oxygens (including phenoxy) is 4. The average Bonchev–Trinajstić information content (AvgIpc) is 3.35. The summed E-state index contributed by atoms with van der Waals surface area (Å²) < 4.78 is 23.0. The van der Waals surface area contributed by atoms with Crippen molar-refractivity contribution in [3.05, 3.63) is 75.7 Å². The summed E-state index contributed by atoms with van der Waals surface area (Å²) in [5.41, 5.74) is 4.87. The fraction of sp³-hybridized carbons (Fsp3) is 0.455. The van der Waals surface area contributed by atoms with Gasteiger partial charge in [-0.2, -0.15) is 10.5 Å². The van der Waals surface area contributed by atoms with Gasteiger partial charge in [0.15, 0.2) is 5.00 Å². The minimum atomic E-state index is -0.141. The molecule has 1 heterocycles. The van der Waals surface area contributed by atoms with Gasteiger partial charge in [-0.3, -0.25) is 0 Å². The van der Waals surface area contributed by atoms with Crippen LogP contribution in [-0.2, 0) is 18.9 Å². The van der Waals surface area contributed by atoms with Gasteiger partial charge in [0.25, 0.3) is 0 Å². The average molecular weight is 604 g/mol. The van der Waals surface area contributed by atoms with E-state index in [1.54, 1.807) is 6.92 Å². The quantitative estimate of drug-likeness (QED) is 0.103. The highest BCUT2D eigenvalue weighted by Gasteiger charge is 2.18. The summed E-state index contributed by atoms with van der Waals surface area (Å²) in [6, 6.07) is 20.5. The first-order chi connectivity index (χ1) is 21.0. The summed E-state index contributed by atoms with van der Waals surface area (Å²) in [4.78, 5) is 2.76. The Labute approximate surface area is 259 Å². The van der Waals surface area contributed by atoms with Gasteiger partial charge in [-0.05, 0) is 62.1 Å². The molecule has 10 heteroatoms. The van der Waals surface area contributed by atoms with Crippen LogP contribution in [0.5, 0.6) is 0 Å². The van der Waals surface area contributed by atoms with Gasteiger partial charge in [0.2, 0.25) is 0 Å². The lowest BCUT2D eigenvalue weighted by Gasteiger charge is -2.29. The first-order valence-electron chi connectivity index (χ1n) is 14.6.